The van der Waals surface area contributed by atoms with Crippen LogP contribution < -0.4 is 20.5 Å². The highest BCUT2D eigenvalue weighted by atomic mass is 16.5. The summed E-state index contributed by atoms with van der Waals surface area (Å²) in [5, 5.41) is 0. The smallest absolute Gasteiger partial charge is 0.305 e. The van der Waals surface area contributed by atoms with Crippen LogP contribution in [0.2, 0.25) is 0 Å². The average molecular weight is 508 g/mol. The molecule has 0 amide bonds. The van der Waals surface area contributed by atoms with Crippen molar-refractivity contribution in [3.05, 3.63) is 20.4 Å². The Morgan fingerprint density at radius 3 is 1.64 bits per heavy atom. The third kappa shape index (κ3) is 13.5. The fourth-order valence-electron chi connectivity index (χ4n) is 4.67. The van der Waals surface area contributed by atoms with E-state index in [1.165, 1.54) is 64.9 Å². The predicted molar refractivity (Wildman–Crippen MR) is 150 cm³/mol. The van der Waals surface area contributed by atoms with Gasteiger partial charge in [-0.05, 0) is 25.7 Å². The molecule has 0 unspecified atom stereocenters. The number of ether oxygens (including phenoxy) is 2. The number of anilines is 1. The van der Waals surface area contributed by atoms with E-state index in [9.17, 15) is 14.4 Å². The van der Waals surface area contributed by atoms with Crippen LogP contribution in [0.15, 0.2) is 9.59 Å². The Hall–Kier alpha value is -1.85. The first-order chi connectivity index (χ1) is 17.6. The van der Waals surface area contributed by atoms with Gasteiger partial charge in [0.05, 0.1) is 13.7 Å². The molecule has 6 nitrogen and oxygen atoms in total. The first kappa shape index (κ1) is 32.2. The number of hydrogen-bond donors (Lipinski definition) is 0. The zero-order valence-electron chi connectivity index (χ0n) is 23.5. The molecule has 0 aromatic heterocycles. The fraction of sp³-hybridized carbons (Fsp3) is 0.833. The molecule has 0 bridgehead atoms. The molecule has 0 spiro atoms. The molecule has 0 aliphatic rings. The maximum Gasteiger partial charge on any atom is 0.305 e. The molecule has 208 valence electrons. The van der Waals surface area contributed by atoms with Gasteiger partial charge in [-0.3, -0.25) is 14.4 Å². The third-order valence-electron chi connectivity index (χ3n) is 6.96. The predicted octanol–water partition coefficient (Wildman–Crippen LogP) is 7.09. The van der Waals surface area contributed by atoms with E-state index in [1.807, 2.05) is 0 Å². The molecule has 36 heavy (non-hydrogen) atoms. The summed E-state index contributed by atoms with van der Waals surface area (Å²) in [5.74, 6) is 0.152. The maximum atomic E-state index is 12.2. The molecule has 0 N–H and O–H groups in total. The van der Waals surface area contributed by atoms with Crippen LogP contribution in [0.1, 0.15) is 136 Å². The summed E-state index contributed by atoms with van der Waals surface area (Å²) < 4.78 is 10.5. The number of nitrogens with zero attached hydrogens (tertiary/aromatic N) is 1. The lowest BCUT2D eigenvalue weighted by Gasteiger charge is -2.27. The van der Waals surface area contributed by atoms with Crippen molar-refractivity contribution >= 4 is 11.7 Å². The lowest BCUT2D eigenvalue weighted by molar-refractivity contribution is -0.143. The molecule has 0 atom stereocenters. The van der Waals surface area contributed by atoms with E-state index in [2.05, 4.69) is 18.7 Å². The van der Waals surface area contributed by atoms with Crippen LogP contribution in [0, 0.1) is 0 Å². The molecule has 0 saturated heterocycles. The minimum absolute atomic E-state index is 0.0710. The van der Waals surface area contributed by atoms with Crippen LogP contribution in [0.25, 0.3) is 0 Å². The Balaban J connectivity index is 2.18. The van der Waals surface area contributed by atoms with Gasteiger partial charge in [0.1, 0.15) is 5.69 Å². The molecular formula is C30H53NO5. The van der Waals surface area contributed by atoms with Crippen molar-refractivity contribution in [2.75, 3.05) is 31.7 Å². The molecule has 0 radical (unpaired) electrons. The lowest BCUT2D eigenvalue weighted by Crippen LogP contribution is -2.42. The van der Waals surface area contributed by atoms with Crippen LogP contribution in [0.5, 0.6) is 5.75 Å². The second kappa shape index (κ2) is 21.3. The molecule has 1 aromatic rings. The largest absolute Gasteiger partial charge is 0.491 e. The minimum Gasteiger partial charge on any atom is -0.491 e. The molecular weight excluding hydrogens is 454 g/mol. The summed E-state index contributed by atoms with van der Waals surface area (Å²) in [5.41, 5.74) is -0.438. The molecule has 1 rings (SSSR count). The fourth-order valence-corrected chi connectivity index (χ4v) is 4.67. The van der Waals surface area contributed by atoms with Gasteiger partial charge < -0.3 is 14.4 Å². The number of esters is 1. The monoisotopic (exact) mass is 507 g/mol. The van der Waals surface area contributed by atoms with Gasteiger partial charge in [0.25, 0.3) is 10.9 Å². The zero-order valence-corrected chi connectivity index (χ0v) is 23.5. The molecule has 0 heterocycles. The Morgan fingerprint density at radius 2 is 1.11 bits per heavy atom. The summed E-state index contributed by atoms with van der Waals surface area (Å²) in [7, 11) is 1.46. The normalized spacial score (nSPS) is 11.2. The van der Waals surface area contributed by atoms with Crippen LogP contribution in [-0.4, -0.2) is 32.8 Å². The molecule has 0 aliphatic carbocycles. The Bertz CT molecular complexity index is 753. The molecule has 0 aliphatic heterocycles. The summed E-state index contributed by atoms with van der Waals surface area (Å²) in [6.07, 6.45) is 21.1. The summed E-state index contributed by atoms with van der Waals surface area (Å²) in [4.78, 5) is 37.9. The van der Waals surface area contributed by atoms with Gasteiger partial charge in [-0.1, -0.05) is 104 Å². The van der Waals surface area contributed by atoms with E-state index >= 15 is 0 Å². The van der Waals surface area contributed by atoms with Crippen molar-refractivity contribution in [1.82, 2.24) is 0 Å². The SMILES string of the molecule is CCCCCCCCCOC(=O)CCCCCCCN(CCCCCCCC)c1c(OC)c(=O)c1=O. The first-order valence-corrected chi connectivity index (χ1v) is 14.8. The van der Waals surface area contributed by atoms with E-state index in [0.717, 1.165) is 70.9 Å². The molecule has 6 heteroatoms. The van der Waals surface area contributed by atoms with Gasteiger partial charge in [0.2, 0.25) is 0 Å². The van der Waals surface area contributed by atoms with Crippen molar-refractivity contribution in [2.24, 2.45) is 0 Å². The van der Waals surface area contributed by atoms with E-state index in [-0.39, 0.29) is 11.7 Å². The topological polar surface area (TPSA) is 72.9 Å². The van der Waals surface area contributed by atoms with Gasteiger partial charge in [-0.25, -0.2) is 0 Å². The highest BCUT2D eigenvalue weighted by molar-refractivity contribution is 5.69. The Morgan fingerprint density at radius 1 is 0.639 bits per heavy atom. The summed E-state index contributed by atoms with van der Waals surface area (Å²) in [6, 6.07) is 0. The van der Waals surface area contributed by atoms with Crippen molar-refractivity contribution in [3.63, 3.8) is 0 Å². The first-order valence-electron chi connectivity index (χ1n) is 14.8. The number of unbranched alkanes of at least 4 members (excludes halogenated alkanes) is 15. The van der Waals surface area contributed by atoms with Crippen LogP contribution in [-0.2, 0) is 9.53 Å². The van der Waals surface area contributed by atoms with E-state index in [1.54, 1.807) is 0 Å². The van der Waals surface area contributed by atoms with Crippen molar-refractivity contribution in [1.29, 1.82) is 0 Å². The van der Waals surface area contributed by atoms with Crippen molar-refractivity contribution < 1.29 is 14.3 Å². The van der Waals surface area contributed by atoms with E-state index in [0.29, 0.717) is 18.7 Å². The highest BCUT2D eigenvalue weighted by Crippen LogP contribution is 2.23. The number of carbonyl (C=O) groups is 1. The number of rotatable bonds is 25. The minimum atomic E-state index is -0.501. The Labute approximate surface area is 219 Å². The van der Waals surface area contributed by atoms with Crippen LogP contribution >= 0.6 is 0 Å². The van der Waals surface area contributed by atoms with Gasteiger partial charge in [0.15, 0.2) is 5.75 Å². The van der Waals surface area contributed by atoms with Gasteiger partial charge in [-0.15, -0.1) is 0 Å². The van der Waals surface area contributed by atoms with Gasteiger partial charge >= 0.3 is 5.97 Å². The number of carbonyl (C=O) groups excluding carboxylic acids is 1. The van der Waals surface area contributed by atoms with E-state index < -0.39 is 10.9 Å². The van der Waals surface area contributed by atoms with Crippen LogP contribution in [0.3, 0.4) is 0 Å². The third-order valence-corrected chi connectivity index (χ3v) is 6.96. The van der Waals surface area contributed by atoms with Crippen molar-refractivity contribution in [2.45, 2.75) is 136 Å². The number of methoxy groups -OCH3 is 1. The van der Waals surface area contributed by atoms with Crippen molar-refractivity contribution in [3.8, 4) is 5.75 Å². The second-order valence-electron chi connectivity index (χ2n) is 10.2. The van der Waals surface area contributed by atoms with Gasteiger partial charge in [0, 0.05) is 19.5 Å². The van der Waals surface area contributed by atoms with Gasteiger partial charge in [-0.2, -0.15) is 0 Å². The summed E-state index contributed by atoms with van der Waals surface area (Å²) in [6.45, 7) is 6.55. The molecule has 0 saturated carbocycles. The average Bonchev–Trinajstić information content (AvgIpc) is 2.88. The van der Waals surface area contributed by atoms with Crippen LogP contribution in [0.4, 0.5) is 5.69 Å². The standard InChI is InChI=1S/C30H53NO5/c1-4-6-8-10-12-17-21-25-36-26(32)22-18-14-13-16-20-24-31(23-19-15-11-9-7-5-2)27-28(33)29(34)30(27)35-3/h4-25H2,1-3H3. The highest BCUT2D eigenvalue weighted by Gasteiger charge is 2.26. The molecule has 1 aromatic carbocycles. The van der Waals surface area contributed by atoms with E-state index in [4.69, 9.17) is 9.47 Å². The quantitative estimate of drug-likeness (QED) is 0.0799. The lowest BCUT2D eigenvalue weighted by atomic mass is 10.1. The second-order valence-corrected chi connectivity index (χ2v) is 10.2. The number of hydrogen-bond acceptors (Lipinski definition) is 6. The molecule has 0 fully saturated rings. The Kier molecular flexibility index (Phi) is 19.0. The maximum absolute atomic E-state index is 12.2. The summed E-state index contributed by atoms with van der Waals surface area (Å²) >= 11 is 0. The zero-order chi connectivity index (χ0) is 26.4.